The quantitative estimate of drug-likeness (QED) is 0.896. The maximum Gasteiger partial charge on any atom is 0.237 e. The molecule has 0 saturated carbocycles. The Bertz CT molecular complexity index is 619. The molecule has 0 fully saturated rings. The largest absolute Gasteiger partial charge is 0.358 e. The Morgan fingerprint density at radius 3 is 2.30 bits per heavy atom. The van der Waals surface area contributed by atoms with E-state index in [1.165, 1.54) is 10.8 Å². The molecule has 0 saturated heterocycles. The third kappa shape index (κ3) is 2.54. The molecule has 3 heteroatoms. The number of nitrogens with one attached hydrogen (secondary N) is 2. The summed E-state index contributed by atoms with van der Waals surface area (Å²) < 4.78 is 0. The van der Waals surface area contributed by atoms with E-state index >= 15 is 0 Å². The second-order valence-electron chi connectivity index (χ2n) is 5.62. The summed E-state index contributed by atoms with van der Waals surface area (Å²) in [7, 11) is 3.49. The normalized spacial score (nSPS) is 13.2. The van der Waals surface area contributed by atoms with Crippen molar-refractivity contribution in [3.63, 3.8) is 0 Å². The molecule has 2 N–H and O–H groups in total. The van der Waals surface area contributed by atoms with Crippen molar-refractivity contribution < 1.29 is 4.79 Å². The highest BCUT2D eigenvalue weighted by Crippen LogP contribution is 2.30. The summed E-state index contributed by atoms with van der Waals surface area (Å²) in [5.74, 6) is 0.00524. The molecule has 0 bridgehead atoms. The van der Waals surface area contributed by atoms with E-state index in [1.54, 1.807) is 7.05 Å². The highest BCUT2D eigenvalue weighted by Gasteiger charge is 2.35. The molecule has 0 spiro atoms. The molecule has 2 aromatic rings. The molecule has 0 aliphatic carbocycles. The average molecular weight is 270 g/mol. The van der Waals surface area contributed by atoms with Gasteiger partial charge in [0, 0.05) is 12.5 Å². The summed E-state index contributed by atoms with van der Waals surface area (Å²) in [6, 6.07) is 14.4. The van der Waals surface area contributed by atoms with E-state index in [0.717, 1.165) is 5.56 Å². The Labute approximate surface area is 120 Å². The number of hydrogen-bond acceptors (Lipinski definition) is 2. The van der Waals surface area contributed by atoms with Crippen LogP contribution in [0.1, 0.15) is 19.4 Å². The van der Waals surface area contributed by atoms with Crippen LogP contribution in [0.2, 0.25) is 0 Å². The first kappa shape index (κ1) is 14.5. The number of fused-ring (bicyclic) bond motifs is 1. The molecule has 0 aromatic heterocycles. The second kappa shape index (κ2) is 5.63. The Morgan fingerprint density at radius 1 is 1.05 bits per heavy atom. The Hall–Kier alpha value is -1.87. The number of likely N-dealkylation sites (N-methyl/N-ethyl adjacent to an activating group) is 2. The number of amides is 1. The van der Waals surface area contributed by atoms with Crippen molar-refractivity contribution in [3.8, 4) is 0 Å². The SMILES string of the molecule is CNC(=O)C(NC)C(C)(C)c1ccc2ccccc2c1. The minimum absolute atomic E-state index is 0.00524. The topological polar surface area (TPSA) is 41.1 Å². The number of benzene rings is 2. The third-order valence-corrected chi connectivity index (χ3v) is 4.01. The lowest BCUT2D eigenvalue weighted by atomic mass is 9.76. The van der Waals surface area contributed by atoms with Gasteiger partial charge in [0.05, 0.1) is 6.04 Å². The van der Waals surface area contributed by atoms with E-state index in [2.05, 4.69) is 54.8 Å². The van der Waals surface area contributed by atoms with Gasteiger partial charge >= 0.3 is 0 Å². The highest BCUT2D eigenvalue weighted by molar-refractivity contribution is 5.85. The molecule has 0 aliphatic rings. The van der Waals surface area contributed by atoms with Crippen LogP contribution in [0.5, 0.6) is 0 Å². The van der Waals surface area contributed by atoms with Gasteiger partial charge in [-0.25, -0.2) is 0 Å². The lowest BCUT2D eigenvalue weighted by Crippen LogP contribution is -2.52. The van der Waals surface area contributed by atoms with Crippen molar-refractivity contribution in [1.82, 2.24) is 10.6 Å². The zero-order valence-corrected chi connectivity index (χ0v) is 12.5. The summed E-state index contributed by atoms with van der Waals surface area (Å²) in [5, 5.41) is 8.27. The molecule has 20 heavy (non-hydrogen) atoms. The first-order chi connectivity index (χ1) is 9.50. The molecule has 2 rings (SSSR count). The van der Waals surface area contributed by atoms with Gasteiger partial charge in [0.15, 0.2) is 0 Å². The van der Waals surface area contributed by atoms with Gasteiger partial charge in [0.2, 0.25) is 5.91 Å². The number of rotatable bonds is 4. The van der Waals surface area contributed by atoms with Crippen LogP contribution in [0.4, 0.5) is 0 Å². The minimum atomic E-state index is -0.293. The van der Waals surface area contributed by atoms with Crippen LogP contribution in [0.25, 0.3) is 10.8 Å². The zero-order chi connectivity index (χ0) is 14.8. The molecule has 106 valence electrons. The van der Waals surface area contributed by atoms with Crippen LogP contribution in [-0.2, 0) is 10.2 Å². The monoisotopic (exact) mass is 270 g/mol. The lowest BCUT2D eigenvalue weighted by molar-refractivity contribution is -0.124. The highest BCUT2D eigenvalue weighted by atomic mass is 16.2. The maximum atomic E-state index is 12.1. The molecule has 1 atom stereocenters. The lowest BCUT2D eigenvalue weighted by Gasteiger charge is -2.33. The van der Waals surface area contributed by atoms with E-state index in [0.29, 0.717) is 0 Å². The first-order valence-corrected chi connectivity index (χ1v) is 6.89. The molecule has 0 heterocycles. The van der Waals surface area contributed by atoms with Crippen molar-refractivity contribution in [2.75, 3.05) is 14.1 Å². The van der Waals surface area contributed by atoms with Crippen molar-refractivity contribution in [3.05, 3.63) is 48.0 Å². The van der Waals surface area contributed by atoms with Gasteiger partial charge in [-0.2, -0.15) is 0 Å². The summed E-state index contributed by atoms with van der Waals surface area (Å²) in [6.45, 7) is 4.18. The molecule has 0 aliphatic heterocycles. The first-order valence-electron chi connectivity index (χ1n) is 6.89. The predicted molar refractivity (Wildman–Crippen MR) is 83.9 cm³/mol. The third-order valence-electron chi connectivity index (χ3n) is 4.01. The van der Waals surface area contributed by atoms with Crippen molar-refractivity contribution in [2.24, 2.45) is 0 Å². The van der Waals surface area contributed by atoms with E-state index in [1.807, 2.05) is 19.2 Å². The Kier molecular flexibility index (Phi) is 4.09. The van der Waals surface area contributed by atoms with Gasteiger partial charge in [-0.3, -0.25) is 4.79 Å². The van der Waals surface area contributed by atoms with E-state index in [-0.39, 0.29) is 17.4 Å². The molecular weight excluding hydrogens is 248 g/mol. The summed E-state index contributed by atoms with van der Waals surface area (Å²) >= 11 is 0. The fourth-order valence-corrected chi connectivity index (χ4v) is 2.72. The van der Waals surface area contributed by atoms with Crippen LogP contribution in [0.15, 0.2) is 42.5 Å². The standard InChI is InChI=1S/C17H22N2O/c1-17(2,15(18-3)16(20)19-4)14-10-9-12-7-5-6-8-13(12)11-14/h5-11,15,18H,1-4H3,(H,19,20). The van der Waals surface area contributed by atoms with Gasteiger partial charge in [-0.1, -0.05) is 56.3 Å². The van der Waals surface area contributed by atoms with Crippen LogP contribution in [0.3, 0.4) is 0 Å². The smallest absolute Gasteiger partial charge is 0.237 e. The molecule has 3 nitrogen and oxygen atoms in total. The fraction of sp³-hybridized carbons (Fsp3) is 0.353. The second-order valence-corrected chi connectivity index (χ2v) is 5.62. The summed E-state index contributed by atoms with van der Waals surface area (Å²) in [4.78, 5) is 12.1. The number of hydrogen-bond donors (Lipinski definition) is 2. The van der Waals surface area contributed by atoms with Gasteiger partial charge in [0.25, 0.3) is 0 Å². The van der Waals surface area contributed by atoms with Crippen molar-refractivity contribution in [2.45, 2.75) is 25.3 Å². The Balaban J connectivity index is 2.47. The molecule has 0 radical (unpaired) electrons. The predicted octanol–water partition coefficient (Wildman–Crippen LogP) is 2.45. The van der Waals surface area contributed by atoms with Crippen LogP contribution in [0, 0.1) is 0 Å². The summed E-state index contributed by atoms with van der Waals surface area (Å²) in [5.41, 5.74) is 0.859. The maximum absolute atomic E-state index is 12.1. The molecular formula is C17H22N2O. The Morgan fingerprint density at radius 2 is 1.70 bits per heavy atom. The molecule has 2 aromatic carbocycles. The van der Waals surface area contributed by atoms with Crippen molar-refractivity contribution >= 4 is 16.7 Å². The number of carbonyl (C=O) groups is 1. The fourth-order valence-electron chi connectivity index (χ4n) is 2.72. The van der Waals surface area contributed by atoms with Gasteiger partial charge in [-0.05, 0) is 23.4 Å². The van der Waals surface area contributed by atoms with Gasteiger partial charge in [0.1, 0.15) is 0 Å². The molecule has 1 unspecified atom stereocenters. The summed E-state index contributed by atoms with van der Waals surface area (Å²) in [6.07, 6.45) is 0. The molecule has 1 amide bonds. The minimum Gasteiger partial charge on any atom is -0.358 e. The average Bonchev–Trinajstić information content (AvgIpc) is 2.46. The van der Waals surface area contributed by atoms with Gasteiger partial charge < -0.3 is 10.6 Å². The van der Waals surface area contributed by atoms with Crippen LogP contribution >= 0.6 is 0 Å². The van der Waals surface area contributed by atoms with E-state index in [9.17, 15) is 4.79 Å². The van der Waals surface area contributed by atoms with E-state index < -0.39 is 0 Å². The number of carbonyl (C=O) groups excluding carboxylic acids is 1. The van der Waals surface area contributed by atoms with Crippen LogP contribution < -0.4 is 10.6 Å². The van der Waals surface area contributed by atoms with Crippen molar-refractivity contribution in [1.29, 1.82) is 0 Å². The zero-order valence-electron chi connectivity index (χ0n) is 12.5. The van der Waals surface area contributed by atoms with Gasteiger partial charge in [-0.15, -0.1) is 0 Å². The van der Waals surface area contributed by atoms with E-state index in [4.69, 9.17) is 0 Å². The van der Waals surface area contributed by atoms with Crippen LogP contribution in [-0.4, -0.2) is 26.0 Å².